The summed E-state index contributed by atoms with van der Waals surface area (Å²) >= 11 is 0. The third-order valence-electron chi connectivity index (χ3n) is 3.24. The number of carbonyl (C=O) groups is 1. The monoisotopic (exact) mass is 265 g/mol. The van der Waals surface area contributed by atoms with Crippen molar-refractivity contribution in [3.05, 3.63) is 59.7 Å². The zero-order valence-corrected chi connectivity index (χ0v) is 11.2. The van der Waals surface area contributed by atoms with Gasteiger partial charge in [0.1, 0.15) is 0 Å². The molecule has 1 aliphatic rings. The van der Waals surface area contributed by atoms with Crippen molar-refractivity contribution in [2.45, 2.75) is 6.92 Å². The van der Waals surface area contributed by atoms with Crippen LogP contribution >= 0.6 is 0 Å². The smallest absolute Gasteiger partial charge is 0.338 e. The molecule has 0 amide bonds. The first kappa shape index (κ1) is 12.5. The Morgan fingerprint density at radius 3 is 2.55 bits per heavy atom. The normalized spacial score (nSPS) is 12.3. The summed E-state index contributed by atoms with van der Waals surface area (Å²) < 4.78 is 5.17. The van der Waals surface area contributed by atoms with E-state index in [-0.39, 0.29) is 5.97 Å². The Balaban J connectivity index is 2.19. The summed E-state index contributed by atoms with van der Waals surface area (Å²) in [5.41, 5.74) is 4.32. The maximum atomic E-state index is 12.2. The van der Waals surface area contributed by atoms with Gasteiger partial charge in [-0.2, -0.15) is 0 Å². The summed E-state index contributed by atoms with van der Waals surface area (Å²) in [5, 5.41) is 3.37. The number of anilines is 2. The SMILES string of the molecule is CCOC(=O)C1=Cc2ccccc2Nc2ccccc21. The van der Waals surface area contributed by atoms with Crippen molar-refractivity contribution in [3.8, 4) is 0 Å². The van der Waals surface area contributed by atoms with Crippen LogP contribution < -0.4 is 5.32 Å². The predicted molar refractivity (Wildman–Crippen MR) is 80.7 cm³/mol. The minimum absolute atomic E-state index is 0.293. The van der Waals surface area contributed by atoms with E-state index < -0.39 is 0 Å². The van der Waals surface area contributed by atoms with Gasteiger partial charge in [-0.25, -0.2) is 4.79 Å². The van der Waals surface area contributed by atoms with Gasteiger partial charge in [-0.05, 0) is 30.7 Å². The molecule has 0 bridgehead atoms. The van der Waals surface area contributed by atoms with Crippen molar-refractivity contribution in [2.24, 2.45) is 0 Å². The standard InChI is InChI=1S/C17H15NO2/c1-2-20-17(19)14-11-12-7-3-5-9-15(12)18-16-10-6-4-8-13(14)16/h3-11,18H,2H2,1H3. The number of ether oxygens (including phenoxy) is 1. The van der Waals surface area contributed by atoms with Crippen LogP contribution in [0.15, 0.2) is 48.5 Å². The Labute approximate surface area is 117 Å². The zero-order valence-electron chi connectivity index (χ0n) is 11.2. The minimum Gasteiger partial charge on any atom is -0.462 e. The van der Waals surface area contributed by atoms with Crippen molar-refractivity contribution < 1.29 is 9.53 Å². The molecule has 2 aromatic rings. The minimum atomic E-state index is -0.293. The fraction of sp³-hybridized carbons (Fsp3) is 0.118. The van der Waals surface area contributed by atoms with Crippen molar-refractivity contribution in [3.63, 3.8) is 0 Å². The highest BCUT2D eigenvalue weighted by molar-refractivity contribution is 6.24. The van der Waals surface area contributed by atoms with Crippen LogP contribution in [0.2, 0.25) is 0 Å². The van der Waals surface area contributed by atoms with Gasteiger partial charge in [0.15, 0.2) is 0 Å². The van der Waals surface area contributed by atoms with Gasteiger partial charge in [-0.1, -0.05) is 36.4 Å². The summed E-state index contributed by atoms with van der Waals surface area (Å²) in [6.07, 6.45) is 1.88. The fourth-order valence-corrected chi connectivity index (χ4v) is 2.32. The van der Waals surface area contributed by atoms with E-state index in [0.717, 1.165) is 22.5 Å². The summed E-state index contributed by atoms with van der Waals surface area (Å²) in [7, 11) is 0. The average Bonchev–Trinajstić information content (AvgIpc) is 2.64. The molecule has 0 spiro atoms. The zero-order chi connectivity index (χ0) is 13.9. The first-order valence-corrected chi connectivity index (χ1v) is 6.64. The summed E-state index contributed by atoms with van der Waals surface area (Å²) in [4.78, 5) is 12.2. The maximum absolute atomic E-state index is 12.2. The van der Waals surface area contributed by atoms with Gasteiger partial charge in [0.2, 0.25) is 0 Å². The third kappa shape index (κ3) is 2.18. The molecule has 0 aliphatic carbocycles. The molecule has 0 atom stereocenters. The topological polar surface area (TPSA) is 38.3 Å². The largest absolute Gasteiger partial charge is 0.462 e. The van der Waals surface area contributed by atoms with Gasteiger partial charge in [0, 0.05) is 16.9 Å². The number of esters is 1. The van der Waals surface area contributed by atoms with Crippen LogP contribution in [0.5, 0.6) is 0 Å². The highest BCUT2D eigenvalue weighted by atomic mass is 16.5. The Bertz CT molecular complexity index is 689. The molecule has 0 aromatic heterocycles. The molecule has 100 valence electrons. The second kappa shape index (κ2) is 5.21. The van der Waals surface area contributed by atoms with Crippen molar-refractivity contribution in [1.29, 1.82) is 0 Å². The molecule has 0 unspecified atom stereocenters. The van der Waals surface area contributed by atoms with Gasteiger partial charge in [0.05, 0.1) is 12.2 Å². The molecule has 1 N–H and O–H groups in total. The van der Waals surface area contributed by atoms with E-state index in [2.05, 4.69) is 5.32 Å². The molecular formula is C17H15NO2. The number of nitrogens with one attached hydrogen (secondary N) is 1. The highest BCUT2D eigenvalue weighted by Gasteiger charge is 2.20. The molecular weight excluding hydrogens is 250 g/mol. The van der Waals surface area contributed by atoms with Crippen molar-refractivity contribution in [1.82, 2.24) is 0 Å². The lowest BCUT2D eigenvalue weighted by Crippen LogP contribution is -2.07. The van der Waals surface area contributed by atoms with Crippen LogP contribution in [0.25, 0.3) is 11.6 Å². The fourth-order valence-electron chi connectivity index (χ4n) is 2.32. The van der Waals surface area contributed by atoms with E-state index >= 15 is 0 Å². The van der Waals surface area contributed by atoms with Gasteiger partial charge in [-0.15, -0.1) is 0 Å². The highest BCUT2D eigenvalue weighted by Crippen LogP contribution is 2.35. The van der Waals surface area contributed by atoms with Gasteiger partial charge >= 0.3 is 5.97 Å². The number of hydrogen-bond acceptors (Lipinski definition) is 3. The second-order valence-corrected chi connectivity index (χ2v) is 4.54. The average molecular weight is 265 g/mol. The first-order chi connectivity index (χ1) is 9.79. The van der Waals surface area contributed by atoms with Gasteiger partial charge in [0.25, 0.3) is 0 Å². The van der Waals surface area contributed by atoms with Gasteiger partial charge < -0.3 is 10.1 Å². The number of para-hydroxylation sites is 2. The molecule has 0 saturated carbocycles. The maximum Gasteiger partial charge on any atom is 0.338 e. The number of benzene rings is 2. The lowest BCUT2D eigenvalue weighted by molar-refractivity contribution is -0.136. The molecule has 1 heterocycles. The molecule has 2 aromatic carbocycles. The molecule has 0 fully saturated rings. The Morgan fingerprint density at radius 1 is 1.05 bits per heavy atom. The van der Waals surface area contributed by atoms with Crippen molar-refractivity contribution in [2.75, 3.05) is 11.9 Å². The molecule has 20 heavy (non-hydrogen) atoms. The predicted octanol–water partition coefficient (Wildman–Crippen LogP) is 3.85. The molecule has 0 radical (unpaired) electrons. The van der Waals surface area contributed by atoms with E-state index in [1.807, 2.05) is 61.5 Å². The van der Waals surface area contributed by atoms with Crippen LogP contribution in [0, 0.1) is 0 Å². The summed E-state index contributed by atoms with van der Waals surface area (Å²) in [5.74, 6) is -0.293. The number of fused-ring (bicyclic) bond motifs is 2. The molecule has 3 heteroatoms. The van der Waals surface area contributed by atoms with Crippen LogP contribution in [0.3, 0.4) is 0 Å². The van der Waals surface area contributed by atoms with Crippen LogP contribution in [0.4, 0.5) is 11.4 Å². The summed E-state index contributed by atoms with van der Waals surface area (Å²) in [6, 6.07) is 15.7. The molecule has 0 saturated heterocycles. The van der Waals surface area contributed by atoms with E-state index in [9.17, 15) is 4.79 Å². The van der Waals surface area contributed by atoms with Gasteiger partial charge in [-0.3, -0.25) is 0 Å². The van der Waals surface area contributed by atoms with Crippen molar-refractivity contribution >= 4 is 29.0 Å². The number of rotatable bonds is 2. The quantitative estimate of drug-likeness (QED) is 0.838. The Kier molecular flexibility index (Phi) is 3.25. The van der Waals surface area contributed by atoms with E-state index in [1.54, 1.807) is 0 Å². The lowest BCUT2D eigenvalue weighted by Gasteiger charge is -2.11. The van der Waals surface area contributed by atoms with E-state index in [4.69, 9.17) is 4.74 Å². The van der Waals surface area contributed by atoms with Crippen LogP contribution in [-0.2, 0) is 9.53 Å². The van der Waals surface area contributed by atoms with Crippen LogP contribution in [-0.4, -0.2) is 12.6 Å². The second-order valence-electron chi connectivity index (χ2n) is 4.54. The Morgan fingerprint density at radius 2 is 1.75 bits per heavy atom. The molecule has 1 aliphatic heterocycles. The van der Waals surface area contributed by atoms with E-state index in [0.29, 0.717) is 12.2 Å². The van der Waals surface area contributed by atoms with Crippen LogP contribution in [0.1, 0.15) is 18.1 Å². The number of hydrogen-bond donors (Lipinski definition) is 1. The summed E-state index contributed by atoms with van der Waals surface area (Å²) in [6.45, 7) is 2.18. The first-order valence-electron chi connectivity index (χ1n) is 6.64. The number of carbonyl (C=O) groups excluding carboxylic acids is 1. The lowest BCUT2D eigenvalue weighted by atomic mass is 10.0. The van der Waals surface area contributed by atoms with E-state index in [1.165, 1.54) is 0 Å². The third-order valence-corrected chi connectivity index (χ3v) is 3.24. The Hall–Kier alpha value is -2.55. The molecule has 3 rings (SSSR count). The molecule has 3 nitrogen and oxygen atoms in total.